The van der Waals surface area contributed by atoms with Crippen LogP contribution in [-0.2, 0) is 5.54 Å². The van der Waals surface area contributed by atoms with Crippen molar-refractivity contribution in [3.8, 4) is 5.75 Å². The number of nitrogens with zero attached hydrogens (tertiary/aromatic N) is 1. The minimum absolute atomic E-state index is 0. The van der Waals surface area contributed by atoms with Gasteiger partial charge >= 0.3 is 0 Å². The second-order valence-corrected chi connectivity index (χ2v) is 5.55. The molecule has 1 saturated heterocycles. The van der Waals surface area contributed by atoms with Crippen molar-refractivity contribution in [3.63, 3.8) is 0 Å². The molecule has 100 valence electrons. The molecular formula is C13H19ClN2OS. The smallest absolute Gasteiger partial charge is 0.156 e. The predicted octanol–water partition coefficient (Wildman–Crippen LogP) is 3.34. The summed E-state index contributed by atoms with van der Waals surface area (Å²) >= 11 is 1.62. The zero-order valence-corrected chi connectivity index (χ0v) is 12.5. The summed E-state index contributed by atoms with van der Waals surface area (Å²) in [5.74, 6) is 1.88. The molecule has 2 rings (SSSR count). The van der Waals surface area contributed by atoms with Gasteiger partial charge < -0.3 is 9.64 Å². The third kappa shape index (κ3) is 2.59. The molecule has 3 nitrogen and oxygen atoms in total. The van der Waals surface area contributed by atoms with Crippen LogP contribution in [0.1, 0.15) is 18.9 Å². The van der Waals surface area contributed by atoms with Gasteiger partial charge in [0.2, 0.25) is 0 Å². The highest BCUT2D eigenvalue weighted by Crippen LogP contribution is 2.38. The van der Waals surface area contributed by atoms with Gasteiger partial charge in [-0.3, -0.25) is 5.41 Å². The molecule has 5 heteroatoms. The van der Waals surface area contributed by atoms with Crippen LogP contribution in [0.15, 0.2) is 24.3 Å². The van der Waals surface area contributed by atoms with E-state index in [2.05, 4.69) is 24.0 Å². The Morgan fingerprint density at radius 1 is 1.33 bits per heavy atom. The van der Waals surface area contributed by atoms with Crippen LogP contribution in [0.2, 0.25) is 0 Å². The van der Waals surface area contributed by atoms with Crippen molar-refractivity contribution in [3.05, 3.63) is 29.8 Å². The number of thioether (sulfide) groups is 1. The molecule has 1 aromatic rings. The lowest BCUT2D eigenvalue weighted by atomic mass is 9.88. The maximum atomic E-state index is 7.94. The zero-order valence-electron chi connectivity index (χ0n) is 10.9. The Morgan fingerprint density at radius 3 is 2.50 bits per heavy atom. The molecule has 1 heterocycles. The summed E-state index contributed by atoms with van der Waals surface area (Å²) in [4.78, 5) is 2.06. The van der Waals surface area contributed by atoms with E-state index in [1.807, 2.05) is 19.2 Å². The maximum Gasteiger partial charge on any atom is 0.156 e. The molecule has 1 N–H and O–H groups in total. The Morgan fingerprint density at radius 2 is 1.94 bits per heavy atom. The van der Waals surface area contributed by atoms with Crippen LogP contribution in [0.4, 0.5) is 0 Å². The summed E-state index contributed by atoms with van der Waals surface area (Å²) in [5.41, 5.74) is 1.17. The Kier molecular flexibility index (Phi) is 4.93. The summed E-state index contributed by atoms with van der Waals surface area (Å²) in [7, 11) is 3.68. The fraction of sp³-hybridized carbons (Fsp3) is 0.462. The fourth-order valence-corrected chi connectivity index (χ4v) is 3.21. The van der Waals surface area contributed by atoms with E-state index >= 15 is 0 Å². The van der Waals surface area contributed by atoms with Crippen LogP contribution in [0.25, 0.3) is 0 Å². The Bertz CT molecular complexity index is 424. The number of nitrogens with one attached hydrogen (secondary N) is 1. The van der Waals surface area contributed by atoms with Gasteiger partial charge in [0.1, 0.15) is 5.75 Å². The number of hydrogen-bond donors (Lipinski definition) is 1. The molecule has 0 amide bonds. The van der Waals surface area contributed by atoms with Crippen molar-refractivity contribution in [2.24, 2.45) is 0 Å². The second kappa shape index (κ2) is 5.85. The van der Waals surface area contributed by atoms with Crippen molar-refractivity contribution in [2.75, 3.05) is 19.9 Å². The maximum absolute atomic E-state index is 7.94. The lowest BCUT2D eigenvalue weighted by molar-refractivity contribution is 0.223. The first-order chi connectivity index (χ1) is 8.08. The third-order valence-electron chi connectivity index (χ3n) is 3.58. The van der Waals surface area contributed by atoms with E-state index in [1.165, 1.54) is 5.56 Å². The van der Waals surface area contributed by atoms with Gasteiger partial charge in [-0.15, -0.1) is 12.4 Å². The van der Waals surface area contributed by atoms with Crippen molar-refractivity contribution in [1.29, 1.82) is 5.41 Å². The Balaban J connectivity index is 0.00000162. The lowest BCUT2D eigenvalue weighted by Gasteiger charge is -2.44. The Hall–Kier alpha value is -0.870. The Labute approximate surface area is 119 Å². The third-order valence-corrected chi connectivity index (χ3v) is 4.54. The topological polar surface area (TPSA) is 36.3 Å². The first-order valence-electron chi connectivity index (χ1n) is 5.67. The molecule has 1 unspecified atom stereocenters. The van der Waals surface area contributed by atoms with Crippen molar-refractivity contribution >= 4 is 29.3 Å². The molecule has 1 aliphatic heterocycles. The van der Waals surface area contributed by atoms with Gasteiger partial charge in [-0.2, -0.15) is 0 Å². The number of benzene rings is 1. The minimum atomic E-state index is -0.0748. The van der Waals surface area contributed by atoms with E-state index in [9.17, 15) is 0 Å². The molecule has 1 fully saturated rings. The highest BCUT2D eigenvalue weighted by atomic mass is 35.5. The van der Waals surface area contributed by atoms with Crippen LogP contribution in [0.5, 0.6) is 5.75 Å². The zero-order chi connectivity index (χ0) is 12.5. The first kappa shape index (κ1) is 15.2. The summed E-state index contributed by atoms with van der Waals surface area (Å²) in [5, 5.41) is 8.59. The number of hydrogen-bond acceptors (Lipinski definition) is 3. The minimum Gasteiger partial charge on any atom is -0.497 e. The SMILES string of the molecule is COc1ccc(C2(C)CCSC(=N)N2C)cc1.Cl. The lowest BCUT2D eigenvalue weighted by Crippen LogP contribution is -2.47. The van der Waals surface area contributed by atoms with E-state index in [0.29, 0.717) is 5.17 Å². The van der Waals surface area contributed by atoms with Gasteiger partial charge in [0.25, 0.3) is 0 Å². The van der Waals surface area contributed by atoms with Crippen LogP contribution >= 0.6 is 24.2 Å². The molecule has 0 aromatic heterocycles. The quantitative estimate of drug-likeness (QED) is 0.906. The predicted molar refractivity (Wildman–Crippen MR) is 80.2 cm³/mol. The van der Waals surface area contributed by atoms with Crippen LogP contribution in [-0.4, -0.2) is 30.0 Å². The number of ether oxygens (including phenoxy) is 1. The summed E-state index contributed by atoms with van der Waals surface area (Å²) in [6, 6.07) is 8.16. The molecule has 0 bridgehead atoms. The average Bonchev–Trinajstić information content (AvgIpc) is 2.36. The van der Waals surface area contributed by atoms with Gasteiger partial charge in [0.15, 0.2) is 5.17 Å². The molecule has 18 heavy (non-hydrogen) atoms. The molecule has 1 atom stereocenters. The summed E-state index contributed by atoms with van der Waals surface area (Å²) < 4.78 is 5.18. The first-order valence-corrected chi connectivity index (χ1v) is 6.66. The van der Waals surface area contributed by atoms with Crippen molar-refractivity contribution in [2.45, 2.75) is 18.9 Å². The molecule has 0 aliphatic carbocycles. The summed E-state index contributed by atoms with van der Waals surface area (Å²) in [6.45, 7) is 2.20. The van der Waals surface area contributed by atoms with E-state index in [1.54, 1.807) is 18.9 Å². The second-order valence-electron chi connectivity index (χ2n) is 4.46. The molecule has 1 aliphatic rings. The van der Waals surface area contributed by atoms with Crippen molar-refractivity contribution < 1.29 is 4.74 Å². The number of amidine groups is 1. The normalized spacial score (nSPS) is 23.5. The number of rotatable bonds is 2. The summed E-state index contributed by atoms with van der Waals surface area (Å²) in [6.07, 6.45) is 1.06. The van der Waals surface area contributed by atoms with E-state index in [-0.39, 0.29) is 17.9 Å². The largest absolute Gasteiger partial charge is 0.497 e. The molecule has 1 aromatic carbocycles. The monoisotopic (exact) mass is 286 g/mol. The molecular weight excluding hydrogens is 268 g/mol. The average molecular weight is 287 g/mol. The molecule has 0 radical (unpaired) electrons. The van der Waals surface area contributed by atoms with Crippen molar-refractivity contribution in [1.82, 2.24) is 4.90 Å². The molecule has 0 spiro atoms. The van der Waals surface area contributed by atoms with Gasteiger partial charge in [-0.05, 0) is 31.0 Å². The van der Waals surface area contributed by atoms with Crippen LogP contribution in [0, 0.1) is 5.41 Å². The van der Waals surface area contributed by atoms with Gasteiger partial charge in [0, 0.05) is 12.8 Å². The van der Waals surface area contributed by atoms with Gasteiger partial charge in [0.05, 0.1) is 12.6 Å². The van der Waals surface area contributed by atoms with E-state index < -0.39 is 0 Å². The number of halogens is 1. The van der Waals surface area contributed by atoms with Crippen LogP contribution in [0.3, 0.4) is 0 Å². The number of methoxy groups -OCH3 is 1. The van der Waals surface area contributed by atoms with Gasteiger partial charge in [-0.25, -0.2) is 0 Å². The highest BCUT2D eigenvalue weighted by molar-refractivity contribution is 8.13. The van der Waals surface area contributed by atoms with Crippen LogP contribution < -0.4 is 4.74 Å². The molecule has 0 saturated carbocycles. The van der Waals surface area contributed by atoms with E-state index in [0.717, 1.165) is 17.9 Å². The van der Waals surface area contributed by atoms with E-state index in [4.69, 9.17) is 10.1 Å². The highest BCUT2D eigenvalue weighted by Gasteiger charge is 2.36. The van der Waals surface area contributed by atoms with Gasteiger partial charge in [-0.1, -0.05) is 23.9 Å². The fourth-order valence-electron chi connectivity index (χ4n) is 2.12. The standard InChI is InChI=1S/C13H18N2OS.ClH/c1-13(8-9-17-12(14)15(13)2)10-4-6-11(16-3)7-5-10;/h4-7,14H,8-9H2,1-3H3;1H.